The van der Waals surface area contributed by atoms with Crippen molar-refractivity contribution < 1.29 is 19.1 Å². The highest BCUT2D eigenvalue weighted by Crippen LogP contribution is 2.32. The van der Waals surface area contributed by atoms with Gasteiger partial charge >= 0.3 is 0 Å². The molecule has 2 amide bonds. The molecular weight excluding hydrogens is 426 g/mol. The van der Waals surface area contributed by atoms with Crippen LogP contribution in [0.1, 0.15) is 6.42 Å². The lowest BCUT2D eigenvalue weighted by atomic mass is 10.1. The minimum absolute atomic E-state index is 0.0945. The Hall–Kier alpha value is -3.73. The molecule has 3 aromatic rings. The molecule has 3 heterocycles. The van der Waals surface area contributed by atoms with E-state index in [1.807, 2.05) is 18.2 Å². The highest BCUT2D eigenvalue weighted by Gasteiger charge is 2.36. The van der Waals surface area contributed by atoms with Crippen LogP contribution in [0.25, 0.3) is 11.0 Å². The van der Waals surface area contributed by atoms with Crippen molar-refractivity contribution in [3.63, 3.8) is 0 Å². The van der Waals surface area contributed by atoms with Crippen molar-refractivity contribution in [2.45, 2.75) is 13.0 Å². The highest BCUT2D eigenvalue weighted by atomic mass is 16.5. The number of para-hydroxylation sites is 2. The molecule has 1 fully saturated rings. The Labute approximate surface area is 191 Å². The van der Waals surface area contributed by atoms with Crippen molar-refractivity contribution in [1.82, 2.24) is 25.1 Å². The van der Waals surface area contributed by atoms with Gasteiger partial charge in [0.15, 0.2) is 5.65 Å². The average molecular weight is 454 g/mol. The topological polar surface area (TPSA) is 124 Å². The van der Waals surface area contributed by atoms with Crippen LogP contribution >= 0.6 is 0 Å². The highest BCUT2D eigenvalue weighted by molar-refractivity contribution is 6.01. The number of aromatic nitrogens is 4. The fourth-order valence-electron chi connectivity index (χ4n) is 3.87. The minimum Gasteiger partial charge on any atom is -0.495 e. The summed E-state index contributed by atoms with van der Waals surface area (Å²) in [6, 6.07) is 7.30. The fourth-order valence-corrected chi connectivity index (χ4v) is 3.87. The van der Waals surface area contributed by atoms with Crippen LogP contribution in [0.5, 0.6) is 5.75 Å². The molecule has 1 unspecified atom stereocenters. The van der Waals surface area contributed by atoms with E-state index in [0.717, 1.165) is 5.39 Å². The van der Waals surface area contributed by atoms with Crippen LogP contribution in [0.4, 0.5) is 11.5 Å². The number of hydrogen-bond acceptors (Lipinski definition) is 8. The normalized spacial score (nSPS) is 15.8. The molecule has 0 bridgehead atoms. The van der Waals surface area contributed by atoms with Gasteiger partial charge in [-0.1, -0.05) is 12.1 Å². The predicted octanol–water partition coefficient (Wildman–Crippen LogP) is 1.06. The van der Waals surface area contributed by atoms with Crippen molar-refractivity contribution in [2.24, 2.45) is 5.92 Å². The zero-order valence-corrected chi connectivity index (χ0v) is 18.7. The van der Waals surface area contributed by atoms with Gasteiger partial charge in [-0.3, -0.25) is 9.59 Å². The smallest absolute Gasteiger partial charge is 0.227 e. The van der Waals surface area contributed by atoms with Gasteiger partial charge in [-0.2, -0.15) is 5.10 Å². The number of nitrogens with one attached hydrogen (secondary N) is 2. The van der Waals surface area contributed by atoms with Crippen LogP contribution < -0.4 is 20.3 Å². The number of benzene rings is 1. The largest absolute Gasteiger partial charge is 0.495 e. The van der Waals surface area contributed by atoms with Crippen molar-refractivity contribution >= 4 is 34.4 Å². The molecule has 1 saturated heterocycles. The van der Waals surface area contributed by atoms with Crippen LogP contribution in [0.2, 0.25) is 0 Å². The van der Waals surface area contributed by atoms with Gasteiger partial charge in [0.2, 0.25) is 11.8 Å². The number of anilines is 2. The maximum Gasteiger partial charge on any atom is 0.227 e. The first-order valence-corrected chi connectivity index (χ1v) is 10.7. The summed E-state index contributed by atoms with van der Waals surface area (Å²) in [5, 5.41) is 11.3. The van der Waals surface area contributed by atoms with E-state index >= 15 is 0 Å². The number of carbonyl (C=O) groups is 2. The van der Waals surface area contributed by atoms with E-state index in [1.165, 1.54) is 6.33 Å². The number of ether oxygens (including phenoxy) is 2. The third-order valence-corrected chi connectivity index (χ3v) is 5.53. The second-order valence-corrected chi connectivity index (χ2v) is 7.62. The van der Waals surface area contributed by atoms with E-state index in [1.54, 1.807) is 36.1 Å². The Morgan fingerprint density at radius 2 is 2.06 bits per heavy atom. The molecular formula is C22H27N7O4. The summed E-state index contributed by atoms with van der Waals surface area (Å²) >= 11 is 0. The van der Waals surface area contributed by atoms with Crippen LogP contribution in [0, 0.1) is 5.92 Å². The molecule has 33 heavy (non-hydrogen) atoms. The Morgan fingerprint density at radius 1 is 1.21 bits per heavy atom. The van der Waals surface area contributed by atoms with Crippen LogP contribution in [0.3, 0.4) is 0 Å². The second-order valence-electron chi connectivity index (χ2n) is 7.62. The molecule has 0 radical (unpaired) electrons. The van der Waals surface area contributed by atoms with Crippen LogP contribution in [-0.2, 0) is 20.9 Å². The van der Waals surface area contributed by atoms with Gasteiger partial charge in [0.05, 0.1) is 43.4 Å². The molecule has 1 aliphatic rings. The van der Waals surface area contributed by atoms with Crippen LogP contribution in [0.15, 0.2) is 36.8 Å². The third kappa shape index (κ3) is 4.87. The number of carbonyl (C=O) groups excluding carboxylic acids is 2. The number of nitrogens with zero attached hydrogens (tertiary/aromatic N) is 5. The zero-order chi connectivity index (χ0) is 23.2. The van der Waals surface area contributed by atoms with Crippen molar-refractivity contribution in [3.05, 3.63) is 36.8 Å². The first kappa shape index (κ1) is 22.5. The minimum atomic E-state index is -0.421. The maximum atomic E-state index is 12.7. The number of rotatable bonds is 10. The SMILES string of the molecule is COCCNc1ncnc2c1cnn2CCNC(=O)C1CC(=O)N(c2ccccc2OC)C1. The molecule has 11 nitrogen and oxygen atoms in total. The summed E-state index contributed by atoms with van der Waals surface area (Å²) < 4.78 is 12.1. The van der Waals surface area contributed by atoms with Crippen LogP contribution in [-0.4, -0.2) is 72.0 Å². The summed E-state index contributed by atoms with van der Waals surface area (Å²) in [5.74, 6) is 0.621. The van der Waals surface area contributed by atoms with Gasteiger partial charge in [0, 0.05) is 33.2 Å². The number of methoxy groups -OCH3 is 2. The summed E-state index contributed by atoms with van der Waals surface area (Å²) in [6.07, 6.45) is 3.34. The lowest BCUT2D eigenvalue weighted by Crippen LogP contribution is -2.35. The summed E-state index contributed by atoms with van der Waals surface area (Å²) in [6.45, 7) is 2.31. The first-order chi connectivity index (χ1) is 16.1. The molecule has 0 aliphatic carbocycles. The molecule has 4 rings (SSSR count). The van der Waals surface area contributed by atoms with E-state index in [2.05, 4.69) is 25.7 Å². The van der Waals surface area contributed by atoms with Gasteiger partial charge in [-0.15, -0.1) is 0 Å². The standard InChI is InChI=1S/C22H27N7O4/c1-32-10-8-23-20-16-12-27-29(21(16)26-14-25-20)9-7-24-22(31)15-11-19(30)28(13-15)17-5-3-4-6-18(17)33-2/h3-6,12,14-15H,7-11,13H2,1-2H3,(H,24,31)(H,23,25,26). The summed E-state index contributed by atoms with van der Waals surface area (Å²) in [4.78, 5) is 35.4. The van der Waals surface area contributed by atoms with E-state index in [4.69, 9.17) is 9.47 Å². The Balaban J connectivity index is 1.34. The summed E-state index contributed by atoms with van der Waals surface area (Å²) in [5.41, 5.74) is 1.36. The van der Waals surface area contributed by atoms with E-state index < -0.39 is 5.92 Å². The van der Waals surface area contributed by atoms with Gasteiger partial charge in [-0.25, -0.2) is 14.6 Å². The second kappa shape index (κ2) is 10.3. The molecule has 1 aliphatic heterocycles. The van der Waals surface area contributed by atoms with E-state index in [9.17, 15) is 9.59 Å². The lowest BCUT2D eigenvalue weighted by Gasteiger charge is -2.19. The Morgan fingerprint density at radius 3 is 2.88 bits per heavy atom. The molecule has 11 heteroatoms. The first-order valence-electron chi connectivity index (χ1n) is 10.7. The molecule has 0 spiro atoms. The lowest BCUT2D eigenvalue weighted by molar-refractivity contribution is -0.126. The predicted molar refractivity (Wildman–Crippen MR) is 122 cm³/mol. The van der Waals surface area contributed by atoms with Crippen molar-refractivity contribution in [2.75, 3.05) is 50.7 Å². The molecule has 2 N–H and O–H groups in total. The number of fused-ring (bicyclic) bond motifs is 1. The molecule has 174 valence electrons. The van der Waals surface area contributed by atoms with Gasteiger partial charge in [0.25, 0.3) is 0 Å². The summed E-state index contributed by atoms with van der Waals surface area (Å²) in [7, 11) is 3.20. The quantitative estimate of drug-likeness (QED) is 0.437. The molecule has 0 saturated carbocycles. The van der Waals surface area contributed by atoms with Crippen molar-refractivity contribution in [3.8, 4) is 5.75 Å². The molecule has 2 aromatic heterocycles. The third-order valence-electron chi connectivity index (χ3n) is 5.53. The van der Waals surface area contributed by atoms with Gasteiger partial charge in [-0.05, 0) is 12.1 Å². The number of hydrogen-bond donors (Lipinski definition) is 2. The van der Waals surface area contributed by atoms with Gasteiger partial charge < -0.3 is 25.0 Å². The monoisotopic (exact) mass is 453 g/mol. The molecule has 1 atom stereocenters. The zero-order valence-electron chi connectivity index (χ0n) is 18.7. The van der Waals surface area contributed by atoms with E-state index in [0.29, 0.717) is 55.7 Å². The fraction of sp³-hybridized carbons (Fsp3) is 0.409. The molecule has 1 aromatic carbocycles. The van der Waals surface area contributed by atoms with E-state index in [-0.39, 0.29) is 18.2 Å². The number of amides is 2. The van der Waals surface area contributed by atoms with Gasteiger partial charge in [0.1, 0.15) is 17.9 Å². The van der Waals surface area contributed by atoms with Crippen molar-refractivity contribution in [1.29, 1.82) is 0 Å². The maximum absolute atomic E-state index is 12.7. The Bertz CT molecular complexity index is 1130. The average Bonchev–Trinajstić information content (AvgIpc) is 3.43. The Kier molecular flexibility index (Phi) is 6.98.